The smallest absolute Gasteiger partial charge is 0.253 e. The summed E-state index contributed by atoms with van der Waals surface area (Å²) in [6, 6.07) is 7.49. The number of rotatable bonds is 4. The molecule has 2 rings (SSSR count). The van der Waals surface area contributed by atoms with Gasteiger partial charge < -0.3 is 10.2 Å². The van der Waals surface area contributed by atoms with E-state index in [2.05, 4.69) is 17.1 Å². The summed E-state index contributed by atoms with van der Waals surface area (Å²) in [4.78, 5) is 27.7. The Kier molecular flexibility index (Phi) is 5.55. The van der Waals surface area contributed by atoms with Crippen LogP contribution in [-0.2, 0) is 4.79 Å². The van der Waals surface area contributed by atoms with Gasteiger partial charge in [-0.15, -0.1) is 0 Å². The molecule has 1 fully saturated rings. The Morgan fingerprint density at radius 1 is 1.23 bits per heavy atom. The Bertz CT molecular complexity index is 525. The van der Waals surface area contributed by atoms with E-state index < -0.39 is 0 Å². The maximum atomic E-state index is 12.1. The Hall–Kier alpha value is -1.88. The summed E-state index contributed by atoms with van der Waals surface area (Å²) in [5, 5.41) is 2.90. The van der Waals surface area contributed by atoms with Gasteiger partial charge in [0.2, 0.25) is 5.91 Å². The summed E-state index contributed by atoms with van der Waals surface area (Å²) in [7, 11) is 3.44. The fraction of sp³-hybridized carbons (Fsp3) is 0.529. The number of piperidine rings is 1. The lowest BCUT2D eigenvalue weighted by Crippen LogP contribution is -2.42. The molecule has 1 aromatic rings. The molecular formula is C17H25N3O2. The van der Waals surface area contributed by atoms with Crippen LogP contribution >= 0.6 is 0 Å². The number of likely N-dealkylation sites (tertiary alicyclic amines) is 1. The second-order valence-electron chi connectivity index (χ2n) is 6.14. The fourth-order valence-electron chi connectivity index (χ4n) is 2.73. The van der Waals surface area contributed by atoms with Gasteiger partial charge in [0, 0.05) is 31.4 Å². The molecule has 0 radical (unpaired) electrons. The van der Waals surface area contributed by atoms with Crippen molar-refractivity contribution in [3.8, 4) is 0 Å². The van der Waals surface area contributed by atoms with Crippen molar-refractivity contribution in [3.63, 3.8) is 0 Å². The van der Waals surface area contributed by atoms with Crippen LogP contribution in [0.1, 0.15) is 36.5 Å². The lowest BCUT2D eigenvalue weighted by atomic mass is 10.0. The molecule has 0 saturated carbocycles. The van der Waals surface area contributed by atoms with Gasteiger partial charge in [0.25, 0.3) is 5.91 Å². The van der Waals surface area contributed by atoms with Gasteiger partial charge in [-0.2, -0.15) is 0 Å². The van der Waals surface area contributed by atoms with Crippen molar-refractivity contribution in [2.24, 2.45) is 0 Å². The van der Waals surface area contributed by atoms with Gasteiger partial charge in [0.1, 0.15) is 0 Å². The van der Waals surface area contributed by atoms with E-state index in [1.807, 2.05) is 0 Å². The highest BCUT2D eigenvalue weighted by Gasteiger charge is 2.20. The average Bonchev–Trinajstić information content (AvgIpc) is 2.49. The van der Waals surface area contributed by atoms with Crippen molar-refractivity contribution in [3.05, 3.63) is 29.8 Å². The van der Waals surface area contributed by atoms with Gasteiger partial charge in [-0.05, 0) is 50.6 Å². The van der Waals surface area contributed by atoms with Crippen LogP contribution in [0.4, 0.5) is 5.69 Å². The number of anilines is 1. The van der Waals surface area contributed by atoms with Gasteiger partial charge in [0.05, 0.1) is 6.54 Å². The van der Waals surface area contributed by atoms with Crippen molar-refractivity contribution < 1.29 is 9.59 Å². The van der Waals surface area contributed by atoms with Crippen LogP contribution in [-0.4, -0.2) is 54.8 Å². The molecule has 1 unspecified atom stereocenters. The SMILES string of the molecule is CC1CCCCN1CC(=O)Nc1ccc(C(=O)N(C)C)cc1. The van der Waals surface area contributed by atoms with Crippen LogP contribution in [0.2, 0.25) is 0 Å². The monoisotopic (exact) mass is 303 g/mol. The maximum absolute atomic E-state index is 12.1. The minimum absolute atomic E-state index is 0.000404. The standard InChI is InChI=1S/C17H25N3O2/c1-13-6-4-5-11-20(13)12-16(21)18-15-9-7-14(8-10-15)17(22)19(2)3/h7-10,13H,4-6,11-12H2,1-3H3,(H,18,21). The molecule has 1 aliphatic rings. The van der Waals surface area contributed by atoms with Crippen molar-refractivity contribution in [1.82, 2.24) is 9.80 Å². The van der Waals surface area contributed by atoms with Gasteiger partial charge in [-0.3, -0.25) is 14.5 Å². The van der Waals surface area contributed by atoms with E-state index in [1.165, 1.54) is 17.7 Å². The molecule has 2 amide bonds. The van der Waals surface area contributed by atoms with Crippen molar-refractivity contribution >= 4 is 17.5 Å². The molecule has 1 aromatic carbocycles. The molecule has 1 atom stereocenters. The second-order valence-corrected chi connectivity index (χ2v) is 6.14. The molecular weight excluding hydrogens is 278 g/mol. The highest BCUT2D eigenvalue weighted by molar-refractivity contribution is 5.96. The Balaban J connectivity index is 1.90. The van der Waals surface area contributed by atoms with Gasteiger partial charge in [-0.1, -0.05) is 6.42 Å². The molecule has 1 aliphatic heterocycles. The topological polar surface area (TPSA) is 52.7 Å². The zero-order chi connectivity index (χ0) is 16.1. The van der Waals surface area contributed by atoms with Crippen molar-refractivity contribution in [2.75, 3.05) is 32.5 Å². The summed E-state index contributed by atoms with van der Waals surface area (Å²) in [5.74, 6) is -0.0412. The first-order valence-corrected chi connectivity index (χ1v) is 7.83. The lowest BCUT2D eigenvalue weighted by Gasteiger charge is -2.32. The molecule has 1 saturated heterocycles. The average molecular weight is 303 g/mol. The third-order valence-corrected chi connectivity index (χ3v) is 4.11. The molecule has 5 heteroatoms. The molecule has 0 aliphatic carbocycles. The highest BCUT2D eigenvalue weighted by Crippen LogP contribution is 2.16. The summed E-state index contributed by atoms with van der Waals surface area (Å²) in [5.41, 5.74) is 1.35. The minimum Gasteiger partial charge on any atom is -0.345 e. The zero-order valence-corrected chi connectivity index (χ0v) is 13.6. The number of hydrogen-bond acceptors (Lipinski definition) is 3. The highest BCUT2D eigenvalue weighted by atomic mass is 16.2. The van der Waals surface area contributed by atoms with E-state index in [1.54, 1.807) is 38.4 Å². The first-order valence-electron chi connectivity index (χ1n) is 7.83. The van der Waals surface area contributed by atoms with Crippen molar-refractivity contribution in [1.29, 1.82) is 0 Å². The Labute approximate surface area is 132 Å². The fourth-order valence-corrected chi connectivity index (χ4v) is 2.73. The van der Waals surface area contributed by atoms with Crippen LogP contribution in [0.15, 0.2) is 24.3 Å². The Morgan fingerprint density at radius 2 is 1.91 bits per heavy atom. The van der Waals surface area contributed by atoms with Gasteiger partial charge in [-0.25, -0.2) is 0 Å². The molecule has 0 aromatic heterocycles. The van der Waals surface area contributed by atoms with Crippen LogP contribution in [0.5, 0.6) is 0 Å². The predicted octanol–water partition coefficient (Wildman–Crippen LogP) is 2.20. The molecule has 22 heavy (non-hydrogen) atoms. The molecule has 5 nitrogen and oxygen atoms in total. The van der Waals surface area contributed by atoms with E-state index in [9.17, 15) is 9.59 Å². The molecule has 0 spiro atoms. The number of carbonyl (C=O) groups excluding carboxylic acids is 2. The third kappa shape index (κ3) is 4.31. The van der Waals surface area contributed by atoms with Crippen LogP contribution < -0.4 is 5.32 Å². The summed E-state index contributed by atoms with van der Waals surface area (Å²) in [6.45, 7) is 3.60. The van der Waals surface area contributed by atoms with E-state index >= 15 is 0 Å². The first kappa shape index (κ1) is 16.5. The van der Waals surface area contributed by atoms with E-state index in [0.717, 1.165) is 18.7 Å². The van der Waals surface area contributed by atoms with Gasteiger partial charge in [0.15, 0.2) is 0 Å². The number of amides is 2. The molecule has 120 valence electrons. The second kappa shape index (κ2) is 7.40. The molecule has 1 N–H and O–H groups in total. The minimum atomic E-state index is -0.0416. The van der Waals surface area contributed by atoms with Crippen LogP contribution in [0, 0.1) is 0 Å². The molecule has 0 bridgehead atoms. The normalized spacial score (nSPS) is 18.8. The number of hydrogen-bond donors (Lipinski definition) is 1. The van der Waals surface area contributed by atoms with Crippen LogP contribution in [0.3, 0.4) is 0 Å². The summed E-state index contributed by atoms with van der Waals surface area (Å²) in [6.07, 6.45) is 3.58. The quantitative estimate of drug-likeness (QED) is 0.928. The first-order chi connectivity index (χ1) is 10.5. The van der Waals surface area contributed by atoms with Crippen LogP contribution in [0.25, 0.3) is 0 Å². The van der Waals surface area contributed by atoms with E-state index in [-0.39, 0.29) is 11.8 Å². The van der Waals surface area contributed by atoms with Gasteiger partial charge >= 0.3 is 0 Å². The third-order valence-electron chi connectivity index (χ3n) is 4.11. The summed E-state index contributed by atoms with van der Waals surface area (Å²) >= 11 is 0. The Morgan fingerprint density at radius 3 is 2.50 bits per heavy atom. The number of nitrogens with one attached hydrogen (secondary N) is 1. The van der Waals surface area contributed by atoms with E-state index in [4.69, 9.17) is 0 Å². The number of benzene rings is 1. The van der Waals surface area contributed by atoms with Crippen molar-refractivity contribution in [2.45, 2.75) is 32.2 Å². The largest absolute Gasteiger partial charge is 0.345 e. The maximum Gasteiger partial charge on any atom is 0.253 e. The summed E-state index contributed by atoms with van der Waals surface area (Å²) < 4.78 is 0. The number of nitrogens with zero attached hydrogens (tertiary/aromatic N) is 2. The molecule has 1 heterocycles. The van der Waals surface area contributed by atoms with E-state index in [0.29, 0.717) is 18.2 Å². The zero-order valence-electron chi connectivity index (χ0n) is 13.6. The lowest BCUT2D eigenvalue weighted by molar-refractivity contribution is -0.118. The predicted molar refractivity (Wildman–Crippen MR) is 88.0 cm³/mol. The number of carbonyl (C=O) groups is 2.